The SMILES string of the molecule is C=C/C(C)=N\NCn1c(C)nc2cc(-c3ccccc3)ccc21. The van der Waals surface area contributed by atoms with Crippen molar-refractivity contribution in [2.24, 2.45) is 5.10 Å². The van der Waals surface area contributed by atoms with Gasteiger partial charge in [-0.3, -0.25) is 5.43 Å². The van der Waals surface area contributed by atoms with Gasteiger partial charge in [-0.1, -0.05) is 43.0 Å². The van der Waals surface area contributed by atoms with Crippen molar-refractivity contribution in [3.05, 3.63) is 67.0 Å². The minimum atomic E-state index is 0.582. The molecule has 0 amide bonds. The van der Waals surface area contributed by atoms with Gasteiger partial charge in [0.2, 0.25) is 0 Å². The summed E-state index contributed by atoms with van der Waals surface area (Å²) < 4.78 is 2.12. The molecule has 4 nitrogen and oxygen atoms in total. The van der Waals surface area contributed by atoms with Crippen LogP contribution in [0.2, 0.25) is 0 Å². The predicted molar refractivity (Wildman–Crippen MR) is 96.3 cm³/mol. The number of aryl methyl sites for hydroxylation is 1. The molecule has 1 heterocycles. The largest absolute Gasteiger partial charge is 0.308 e. The van der Waals surface area contributed by atoms with Gasteiger partial charge < -0.3 is 4.57 Å². The van der Waals surface area contributed by atoms with Crippen molar-refractivity contribution in [1.82, 2.24) is 15.0 Å². The number of fused-ring (bicyclic) bond motifs is 1. The fourth-order valence-corrected chi connectivity index (χ4v) is 2.54. The van der Waals surface area contributed by atoms with Gasteiger partial charge in [0.15, 0.2) is 0 Å². The van der Waals surface area contributed by atoms with Gasteiger partial charge in [0.25, 0.3) is 0 Å². The van der Waals surface area contributed by atoms with E-state index in [1.54, 1.807) is 6.08 Å². The van der Waals surface area contributed by atoms with E-state index in [9.17, 15) is 0 Å². The van der Waals surface area contributed by atoms with E-state index in [1.165, 1.54) is 11.1 Å². The molecule has 0 radical (unpaired) electrons. The fourth-order valence-electron chi connectivity index (χ4n) is 2.54. The first-order valence-electron chi connectivity index (χ1n) is 7.61. The van der Waals surface area contributed by atoms with Crippen LogP contribution in [0.1, 0.15) is 12.7 Å². The number of hydrazone groups is 1. The smallest absolute Gasteiger partial charge is 0.110 e. The number of benzene rings is 2. The number of nitrogens with zero attached hydrogens (tertiary/aromatic N) is 3. The molecule has 0 aliphatic carbocycles. The Morgan fingerprint density at radius 2 is 2.00 bits per heavy atom. The fraction of sp³-hybridized carbons (Fsp3) is 0.158. The Hall–Kier alpha value is -2.88. The van der Waals surface area contributed by atoms with Gasteiger partial charge in [-0.25, -0.2) is 4.98 Å². The van der Waals surface area contributed by atoms with Crippen molar-refractivity contribution in [3.8, 4) is 11.1 Å². The normalized spacial score (nSPS) is 11.7. The number of nitrogens with one attached hydrogen (secondary N) is 1. The zero-order valence-corrected chi connectivity index (χ0v) is 13.5. The van der Waals surface area contributed by atoms with Crippen LogP contribution < -0.4 is 5.43 Å². The van der Waals surface area contributed by atoms with Crippen molar-refractivity contribution in [2.45, 2.75) is 20.5 Å². The average Bonchev–Trinajstić information content (AvgIpc) is 2.90. The maximum absolute atomic E-state index is 4.67. The summed E-state index contributed by atoms with van der Waals surface area (Å²) in [6, 6.07) is 16.7. The molecule has 0 bridgehead atoms. The Morgan fingerprint density at radius 1 is 1.22 bits per heavy atom. The molecule has 4 heteroatoms. The van der Waals surface area contributed by atoms with Crippen LogP contribution >= 0.6 is 0 Å². The molecule has 1 N–H and O–H groups in total. The number of hydrogen-bond donors (Lipinski definition) is 1. The number of rotatable bonds is 5. The summed E-state index contributed by atoms with van der Waals surface area (Å²) in [5.41, 5.74) is 8.39. The van der Waals surface area contributed by atoms with Gasteiger partial charge in [0.1, 0.15) is 12.5 Å². The zero-order valence-electron chi connectivity index (χ0n) is 13.5. The van der Waals surface area contributed by atoms with E-state index in [0.29, 0.717) is 6.67 Å². The Kier molecular flexibility index (Phi) is 4.24. The lowest BCUT2D eigenvalue weighted by Crippen LogP contribution is -2.15. The van der Waals surface area contributed by atoms with E-state index in [1.807, 2.05) is 32.0 Å². The molecule has 23 heavy (non-hydrogen) atoms. The van der Waals surface area contributed by atoms with Crippen LogP contribution in [-0.4, -0.2) is 15.3 Å². The summed E-state index contributed by atoms with van der Waals surface area (Å²) in [6.07, 6.45) is 1.72. The lowest BCUT2D eigenvalue weighted by molar-refractivity contribution is 0.582. The first-order valence-corrected chi connectivity index (χ1v) is 7.61. The molecule has 0 unspecified atom stereocenters. The van der Waals surface area contributed by atoms with Gasteiger partial charge in [-0.2, -0.15) is 5.10 Å². The quantitative estimate of drug-likeness (QED) is 0.569. The summed E-state index contributed by atoms with van der Waals surface area (Å²) in [6.45, 7) is 8.19. The monoisotopic (exact) mass is 304 g/mol. The van der Waals surface area contributed by atoms with E-state index >= 15 is 0 Å². The van der Waals surface area contributed by atoms with Crippen molar-refractivity contribution in [3.63, 3.8) is 0 Å². The number of hydrogen-bond acceptors (Lipinski definition) is 3. The Morgan fingerprint density at radius 3 is 2.74 bits per heavy atom. The van der Waals surface area contributed by atoms with Crippen LogP contribution in [0.3, 0.4) is 0 Å². The van der Waals surface area contributed by atoms with Crippen LogP contribution in [-0.2, 0) is 6.67 Å². The molecular formula is C19H20N4. The highest BCUT2D eigenvalue weighted by molar-refractivity contribution is 5.91. The molecule has 2 aromatic carbocycles. The van der Waals surface area contributed by atoms with Crippen molar-refractivity contribution < 1.29 is 0 Å². The van der Waals surface area contributed by atoms with Crippen LogP contribution in [0.15, 0.2) is 66.3 Å². The summed E-state index contributed by atoms with van der Waals surface area (Å²) in [4.78, 5) is 4.67. The summed E-state index contributed by atoms with van der Waals surface area (Å²) in [7, 11) is 0. The number of allylic oxidation sites excluding steroid dienone is 1. The van der Waals surface area contributed by atoms with Crippen LogP contribution in [0.4, 0.5) is 0 Å². The summed E-state index contributed by atoms with van der Waals surface area (Å²) >= 11 is 0. The van der Waals surface area contributed by atoms with Crippen LogP contribution in [0, 0.1) is 6.92 Å². The van der Waals surface area contributed by atoms with Gasteiger partial charge in [0, 0.05) is 0 Å². The lowest BCUT2D eigenvalue weighted by atomic mass is 10.1. The zero-order chi connectivity index (χ0) is 16.2. The minimum Gasteiger partial charge on any atom is -0.308 e. The average molecular weight is 304 g/mol. The molecule has 0 atom stereocenters. The van der Waals surface area contributed by atoms with Gasteiger partial charge in [0.05, 0.1) is 16.7 Å². The molecule has 0 saturated heterocycles. The molecule has 0 aliphatic heterocycles. The number of aromatic nitrogens is 2. The first-order chi connectivity index (χ1) is 11.2. The van der Waals surface area contributed by atoms with Crippen LogP contribution in [0.5, 0.6) is 0 Å². The van der Waals surface area contributed by atoms with Crippen LogP contribution in [0.25, 0.3) is 22.2 Å². The second-order valence-corrected chi connectivity index (χ2v) is 5.43. The maximum Gasteiger partial charge on any atom is 0.110 e. The topological polar surface area (TPSA) is 42.2 Å². The van der Waals surface area contributed by atoms with Crippen molar-refractivity contribution in [1.29, 1.82) is 0 Å². The highest BCUT2D eigenvalue weighted by Gasteiger charge is 2.08. The highest BCUT2D eigenvalue weighted by atomic mass is 15.4. The van der Waals surface area contributed by atoms with Gasteiger partial charge >= 0.3 is 0 Å². The summed E-state index contributed by atoms with van der Waals surface area (Å²) in [5.74, 6) is 0.962. The minimum absolute atomic E-state index is 0.582. The molecule has 0 fully saturated rings. The van der Waals surface area contributed by atoms with E-state index in [-0.39, 0.29) is 0 Å². The van der Waals surface area contributed by atoms with Gasteiger partial charge in [-0.05, 0) is 43.2 Å². The van der Waals surface area contributed by atoms with E-state index in [4.69, 9.17) is 0 Å². The molecule has 0 saturated carbocycles. The molecule has 0 spiro atoms. The van der Waals surface area contributed by atoms with E-state index < -0.39 is 0 Å². The standard InChI is InChI=1S/C19H20N4/c1-4-14(2)22-20-13-23-15(3)21-18-12-17(10-11-19(18)23)16-8-6-5-7-9-16/h4-12,20H,1,13H2,2-3H3/b22-14-. The Labute approximate surface area is 136 Å². The first kappa shape index (κ1) is 15.0. The molecule has 0 aliphatic rings. The van der Waals surface area contributed by atoms with E-state index in [0.717, 1.165) is 22.6 Å². The predicted octanol–water partition coefficient (Wildman–Crippen LogP) is 4.12. The maximum atomic E-state index is 4.67. The third-order valence-electron chi connectivity index (χ3n) is 3.83. The third-order valence-corrected chi connectivity index (χ3v) is 3.83. The second-order valence-electron chi connectivity index (χ2n) is 5.43. The molecular weight excluding hydrogens is 284 g/mol. The van der Waals surface area contributed by atoms with Gasteiger partial charge in [-0.15, -0.1) is 0 Å². The summed E-state index contributed by atoms with van der Waals surface area (Å²) in [5, 5.41) is 4.23. The highest BCUT2D eigenvalue weighted by Crippen LogP contribution is 2.24. The molecule has 3 rings (SSSR count). The number of imidazole rings is 1. The van der Waals surface area contributed by atoms with E-state index in [2.05, 4.69) is 57.0 Å². The lowest BCUT2D eigenvalue weighted by Gasteiger charge is -2.07. The molecule has 1 aromatic heterocycles. The molecule has 3 aromatic rings. The Bertz CT molecular complexity index is 860. The molecule has 116 valence electrons. The third kappa shape index (κ3) is 3.16. The van der Waals surface area contributed by atoms with Crippen molar-refractivity contribution >= 4 is 16.7 Å². The second kappa shape index (κ2) is 6.48. The van der Waals surface area contributed by atoms with Crippen molar-refractivity contribution in [2.75, 3.05) is 0 Å². The Balaban J connectivity index is 1.92.